The van der Waals surface area contributed by atoms with E-state index in [1.165, 1.54) is 20.3 Å². The van der Waals surface area contributed by atoms with Gasteiger partial charge in [-0.25, -0.2) is 0 Å². The van der Waals surface area contributed by atoms with Crippen molar-refractivity contribution in [2.75, 3.05) is 6.61 Å². The molecular formula is C12H18O4. The van der Waals surface area contributed by atoms with Crippen molar-refractivity contribution in [2.24, 2.45) is 17.8 Å². The number of hydrogen-bond acceptors (Lipinski definition) is 4. The average Bonchev–Trinajstić information content (AvgIpc) is 2.74. The van der Waals surface area contributed by atoms with Crippen LogP contribution < -0.4 is 0 Å². The Bertz CT molecular complexity index is 299. The third kappa shape index (κ3) is 2.20. The lowest BCUT2D eigenvalue weighted by Gasteiger charge is -2.29. The lowest BCUT2D eigenvalue weighted by atomic mass is 9.87. The van der Waals surface area contributed by atoms with Crippen LogP contribution in [-0.4, -0.2) is 24.6 Å². The van der Waals surface area contributed by atoms with Gasteiger partial charge in [0.2, 0.25) is 0 Å². The molecule has 0 aromatic carbocycles. The maximum atomic E-state index is 11.0. The van der Waals surface area contributed by atoms with Gasteiger partial charge in [0.25, 0.3) is 0 Å². The number of fused-ring (bicyclic) bond motifs is 2. The molecule has 4 heteroatoms. The molecule has 4 atom stereocenters. The molecule has 2 unspecified atom stereocenters. The Labute approximate surface area is 95.3 Å². The summed E-state index contributed by atoms with van der Waals surface area (Å²) in [7, 11) is 0. The first-order chi connectivity index (χ1) is 7.58. The van der Waals surface area contributed by atoms with Crippen molar-refractivity contribution in [1.29, 1.82) is 0 Å². The van der Waals surface area contributed by atoms with E-state index < -0.39 is 0 Å². The Hall–Kier alpha value is -1.06. The molecule has 4 nitrogen and oxygen atoms in total. The maximum absolute atomic E-state index is 11.0. The molecule has 0 spiro atoms. The van der Waals surface area contributed by atoms with Gasteiger partial charge in [0.15, 0.2) is 0 Å². The van der Waals surface area contributed by atoms with E-state index in [1.54, 1.807) is 0 Å². The third-order valence-corrected chi connectivity index (χ3v) is 3.79. The lowest BCUT2D eigenvalue weighted by molar-refractivity contribution is -0.155. The predicted octanol–water partition coefficient (Wildman–Crippen LogP) is 1.53. The van der Waals surface area contributed by atoms with Gasteiger partial charge in [-0.1, -0.05) is 0 Å². The summed E-state index contributed by atoms with van der Waals surface area (Å²) in [6.45, 7) is 3.25. The van der Waals surface area contributed by atoms with Crippen LogP contribution in [0.1, 0.15) is 33.1 Å². The highest BCUT2D eigenvalue weighted by molar-refractivity contribution is 5.66. The summed E-state index contributed by atoms with van der Waals surface area (Å²) in [5.74, 6) is 0.768. The van der Waals surface area contributed by atoms with E-state index >= 15 is 0 Å². The van der Waals surface area contributed by atoms with Gasteiger partial charge in [0.05, 0.1) is 6.61 Å². The first kappa shape index (κ1) is 11.4. The highest BCUT2D eigenvalue weighted by atomic mass is 16.6. The molecule has 2 fully saturated rings. The van der Waals surface area contributed by atoms with Crippen LogP contribution in [0.2, 0.25) is 0 Å². The first-order valence-electron chi connectivity index (χ1n) is 5.88. The van der Waals surface area contributed by atoms with Gasteiger partial charge in [-0.15, -0.1) is 0 Å². The largest absolute Gasteiger partial charge is 0.465 e. The normalized spacial score (nSPS) is 36.1. The maximum Gasteiger partial charge on any atom is 0.302 e. The fraction of sp³-hybridized carbons (Fsp3) is 0.833. The second-order valence-corrected chi connectivity index (χ2v) is 4.87. The zero-order chi connectivity index (χ0) is 11.7. The van der Waals surface area contributed by atoms with Gasteiger partial charge < -0.3 is 9.47 Å². The van der Waals surface area contributed by atoms with E-state index in [4.69, 9.17) is 9.47 Å². The minimum Gasteiger partial charge on any atom is -0.465 e. The van der Waals surface area contributed by atoms with E-state index in [2.05, 4.69) is 0 Å². The molecule has 2 aliphatic carbocycles. The molecule has 2 bridgehead atoms. The van der Waals surface area contributed by atoms with E-state index in [0.29, 0.717) is 18.4 Å². The van der Waals surface area contributed by atoms with Crippen molar-refractivity contribution in [3.8, 4) is 0 Å². The van der Waals surface area contributed by atoms with Crippen molar-refractivity contribution in [3.63, 3.8) is 0 Å². The van der Waals surface area contributed by atoms with Gasteiger partial charge in [-0.3, -0.25) is 9.59 Å². The Morgan fingerprint density at radius 2 is 1.81 bits per heavy atom. The number of hydrogen-bond donors (Lipinski definition) is 0. The van der Waals surface area contributed by atoms with Gasteiger partial charge in [-0.05, 0) is 31.1 Å². The number of carbonyl (C=O) groups is 2. The standard InChI is InChI=1S/C12H18O4/c1-7(13)15-6-11-9-3-4-10(5-9)12(11)16-8(2)14/h9-12H,3-6H2,1-2H3/t9?,10?,11-,12+/m1/s1. The van der Waals surface area contributed by atoms with E-state index in [9.17, 15) is 9.59 Å². The summed E-state index contributed by atoms with van der Waals surface area (Å²) in [5, 5.41) is 0. The zero-order valence-corrected chi connectivity index (χ0v) is 9.77. The molecule has 0 radical (unpaired) electrons. The Balaban J connectivity index is 1.97. The second-order valence-electron chi connectivity index (χ2n) is 4.87. The summed E-state index contributed by atoms with van der Waals surface area (Å²) in [4.78, 5) is 21.8. The number of esters is 2. The molecule has 0 aromatic heterocycles. The van der Waals surface area contributed by atoms with Crippen LogP contribution in [-0.2, 0) is 19.1 Å². The van der Waals surface area contributed by atoms with Gasteiger partial charge in [0, 0.05) is 19.8 Å². The van der Waals surface area contributed by atoms with E-state index in [0.717, 1.165) is 12.8 Å². The molecule has 0 heterocycles. The summed E-state index contributed by atoms with van der Waals surface area (Å²) >= 11 is 0. The van der Waals surface area contributed by atoms with Crippen molar-refractivity contribution in [2.45, 2.75) is 39.2 Å². The summed E-state index contributed by atoms with van der Waals surface area (Å²) in [6, 6.07) is 0. The quantitative estimate of drug-likeness (QED) is 0.685. The van der Waals surface area contributed by atoms with Crippen molar-refractivity contribution < 1.29 is 19.1 Å². The predicted molar refractivity (Wildman–Crippen MR) is 56.5 cm³/mol. The smallest absolute Gasteiger partial charge is 0.302 e. The summed E-state index contributed by atoms with van der Waals surface area (Å²) in [5.41, 5.74) is 0. The summed E-state index contributed by atoms with van der Waals surface area (Å²) in [6.07, 6.45) is 3.40. The number of ether oxygens (including phenoxy) is 2. The lowest BCUT2D eigenvalue weighted by Crippen LogP contribution is -2.35. The molecular weight excluding hydrogens is 208 g/mol. The number of carbonyl (C=O) groups excluding carboxylic acids is 2. The van der Waals surface area contributed by atoms with E-state index in [1.807, 2.05) is 0 Å². The highest BCUT2D eigenvalue weighted by Gasteiger charge is 2.49. The average molecular weight is 226 g/mol. The highest BCUT2D eigenvalue weighted by Crippen LogP contribution is 2.49. The molecule has 0 aromatic rings. The van der Waals surface area contributed by atoms with Crippen molar-refractivity contribution in [1.82, 2.24) is 0 Å². The fourth-order valence-corrected chi connectivity index (χ4v) is 3.18. The van der Waals surface area contributed by atoms with Crippen LogP contribution in [0.25, 0.3) is 0 Å². The molecule has 0 N–H and O–H groups in total. The van der Waals surface area contributed by atoms with Gasteiger partial charge >= 0.3 is 11.9 Å². The minimum atomic E-state index is -0.260. The van der Waals surface area contributed by atoms with E-state index in [-0.39, 0.29) is 24.0 Å². The molecule has 0 aliphatic heterocycles. The van der Waals surface area contributed by atoms with Gasteiger partial charge in [0.1, 0.15) is 6.10 Å². The summed E-state index contributed by atoms with van der Waals surface area (Å²) < 4.78 is 10.4. The third-order valence-electron chi connectivity index (χ3n) is 3.79. The van der Waals surface area contributed by atoms with Crippen LogP contribution in [0.3, 0.4) is 0 Å². The monoisotopic (exact) mass is 226 g/mol. The second kappa shape index (κ2) is 4.44. The topological polar surface area (TPSA) is 52.6 Å². The Kier molecular flexibility index (Phi) is 3.17. The van der Waals surface area contributed by atoms with Crippen LogP contribution in [0.5, 0.6) is 0 Å². The molecule has 16 heavy (non-hydrogen) atoms. The van der Waals surface area contributed by atoms with Crippen LogP contribution in [0.4, 0.5) is 0 Å². The fourth-order valence-electron chi connectivity index (χ4n) is 3.18. The molecule has 2 saturated carbocycles. The first-order valence-corrected chi connectivity index (χ1v) is 5.88. The van der Waals surface area contributed by atoms with Crippen molar-refractivity contribution >= 4 is 11.9 Å². The van der Waals surface area contributed by atoms with Gasteiger partial charge in [-0.2, -0.15) is 0 Å². The Morgan fingerprint density at radius 3 is 2.44 bits per heavy atom. The molecule has 2 aliphatic rings. The van der Waals surface area contributed by atoms with Crippen molar-refractivity contribution in [3.05, 3.63) is 0 Å². The SMILES string of the molecule is CC(=O)OC[C@@H]1C2CCC(C2)[C@@H]1OC(C)=O. The van der Waals surface area contributed by atoms with Crippen LogP contribution in [0.15, 0.2) is 0 Å². The molecule has 0 saturated heterocycles. The van der Waals surface area contributed by atoms with Crippen LogP contribution in [0, 0.1) is 17.8 Å². The van der Waals surface area contributed by atoms with Crippen LogP contribution >= 0.6 is 0 Å². The minimum absolute atomic E-state index is 0.0319. The Morgan fingerprint density at radius 1 is 1.12 bits per heavy atom. The molecule has 2 rings (SSSR count). The number of rotatable bonds is 3. The molecule has 90 valence electrons. The zero-order valence-electron chi connectivity index (χ0n) is 9.77. The molecule has 0 amide bonds.